The summed E-state index contributed by atoms with van der Waals surface area (Å²) >= 11 is 0. The van der Waals surface area contributed by atoms with Crippen LogP contribution in [0.5, 0.6) is 0 Å². The summed E-state index contributed by atoms with van der Waals surface area (Å²) in [6, 6.07) is 0. The quantitative estimate of drug-likeness (QED) is 0.320. The Morgan fingerprint density at radius 2 is 2.26 bits per heavy atom. The monoisotopic (exact) mass is 381 g/mol. The lowest BCUT2D eigenvalue weighted by atomic mass is 10.4. The van der Waals surface area contributed by atoms with E-state index in [1.165, 1.54) is 5.56 Å². The lowest BCUT2D eigenvalue weighted by molar-refractivity contribution is 0.208. The molecule has 0 aliphatic carbocycles. The van der Waals surface area contributed by atoms with Crippen molar-refractivity contribution in [1.82, 2.24) is 20.4 Å². The van der Waals surface area contributed by atoms with Crippen LogP contribution in [0.3, 0.4) is 0 Å². The molecular formula is C12H24IN5O. The van der Waals surface area contributed by atoms with E-state index in [0.29, 0.717) is 13.2 Å². The molecule has 0 aliphatic heterocycles. The van der Waals surface area contributed by atoms with Crippen LogP contribution in [0, 0.1) is 6.92 Å². The van der Waals surface area contributed by atoms with Crippen LogP contribution in [0.2, 0.25) is 0 Å². The number of guanidine groups is 1. The molecule has 0 aromatic carbocycles. The van der Waals surface area contributed by atoms with Gasteiger partial charge in [-0.1, -0.05) is 0 Å². The number of aromatic nitrogens is 2. The van der Waals surface area contributed by atoms with Gasteiger partial charge in [0.1, 0.15) is 0 Å². The van der Waals surface area contributed by atoms with E-state index in [1.807, 2.05) is 30.9 Å². The maximum Gasteiger partial charge on any atom is 0.191 e. The van der Waals surface area contributed by atoms with Gasteiger partial charge in [0.25, 0.3) is 0 Å². The Morgan fingerprint density at radius 1 is 1.47 bits per heavy atom. The van der Waals surface area contributed by atoms with Gasteiger partial charge >= 0.3 is 0 Å². The fourth-order valence-corrected chi connectivity index (χ4v) is 1.47. The van der Waals surface area contributed by atoms with Crippen LogP contribution in [-0.4, -0.2) is 49.1 Å². The summed E-state index contributed by atoms with van der Waals surface area (Å²) in [5.74, 6) is 0.818. The molecule has 1 aromatic heterocycles. The number of methoxy groups -OCH3 is 1. The predicted molar refractivity (Wildman–Crippen MR) is 88.2 cm³/mol. The normalized spacial score (nSPS) is 11.0. The van der Waals surface area contributed by atoms with Crippen molar-refractivity contribution in [1.29, 1.82) is 0 Å². The molecular weight excluding hydrogens is 357 g/mol. The zero-order valence-corrected chi connectivity index (χ0v) is 14.2. The number of nitrogens with zero attached hydrogens (tertiary/aromatic N) is 3. The van der Waals surface area contributed by atoms with Crippen molar-refractivity contribution in [2.75, 3.05) is 33.4 Å². The van der Waals surface area contributed by atoms with Crippen LogP contribution >= 0.6 is 24.0 Å². The molecule has 0 unspecified atom stereocenters. The maximum atomic E-state index is 4.97. The second-order valence-corrected chi connectivity index (χ2v) is 3.96. The molecule has 1 heterocycles. The van der Waals surface area contributed by atoms with Crippen molar-refractivity contribution in [2.24, 2.45) is 4.99 Å². The number of nitrogens with one attached hydrogen (secondary N) is 2. The minimum atomic E-state index is 0. The number of halogens is 1. The molecule has 0 saturated carbocycles. The molecule has 0 saturated heterocycles. The van der Waals surface area contributed by atoms with Gasteiger partial charge in [0, 0.05) is 26.4 Å². The summed E-state index contributed by atoms with van der Waals surface area (Å²) in [5.41, 5.74) is 1.18. The summed E-state index contributed by atoms with van der Waals surface area (Å²) in [7, 11) is 1.68. The van der Waals surface area contributed by atoms with Crippen molar-refractivity contribution in [2.45, 2.75) is 20.4 Å². The van der Waals surface area contributed by atoms with Gasteiger partial charge in [-0.15, -0.1) is 24.0 Å². The third-order valence-electron chi connectivity index (χ3n) is 2.31. The molecule has 1 aromatic rings. The van der Waals surface area contributed by atoms with Crippen molar-refractivity contribution in [3.8, 4) is 0 Å². The van der Waals surface area contributed by atoms with Crippen LogP contribution in [0.15, 0.2) is 17.4 Å². The highest BCUT2D eigenvalue weighted by Gasteiger charge is 1.97. The van der Waals surface area contributed by atoms with Crippen molar-refractivity contribution >= 4 is 29.9 Å². The van der Waals surface area contributed by atoms with E-state index < -0.39 is 0 Å². The number of hydrogen-bond donors (Lipinski definition) is 2. The second-order valence-electron chi connectivity index (χ2n) is 3.96. The summed E-state index contributed by atoms with van der Waals surface area (Å²) in [6.07, 6.45) is 3.88. The van der Waals surface area contributed by atoms with E-state index in [2.05, 4.69) is 20.7 Å². The highest BCUT2D eigenvalue weighted by molar-refractivity contribution is 14.0. The van der Waals surface area contributed by atoms with E-state index in [9.17, 15) is 0 Å². The van der Waals surface area contributed by atoms with Crippen molar-refractivity contribution < 1.29 is 4.74 Å². The van der Waals surface area contributed by atoms with Gasteiger partial charge in [0.15, 0.2) is 5.96 Å². The maximum absolute atomic E-state index is 4.97. The minimum Gasteiger partial charge on any atom is -0.383 e. The molecule has 0 radical (unpaired) electrons. The Kier molecular flexibility index (Phi) is 10.6. The molecule has 0 aliphatic rings. The highest BCUT2D eigenvalue weighted by Crippen LogP contribution is 1.92. The Morgan fingerprint density at radius 3 is 2.84 bits per heavy atom. The summed E-state index contributed by atoms with van der Waals surface area (Å²) in [4.78, 5) is 4.38. The molecule has 1 rings (SSSR count). The first kappa shape index (κ1) is 18.2. The molecule has 0 spiro atoms. The molecule has 19 heavy (non-hydrogen) atoms. The zero-order valence-electron chi connectivity index (χ0n) is 11.8. The van der Waals surface area contributed by atoms with Gasteiger partial charge in [-0.25, -0.2) is 0 Å². The van der Waals surface area contributed by atoms with Crippen molar-refractivity contribution in [3.05, 3.63) is 18.0 Å². The van der Waals surface area contributed by atoms with E-state index in [4.69, 9.17) is 4.74 Å². The molecule has 7 heteroatoms. The predicted octanol–water partition coefficient (Wildman–Crippen LogP) is 1.01. The number of ether oxygens (including phenoxy) is 1. The second kappa shape index (κ2) is 11.0. The van der Waals surface area contributed by atoms with E-state index in [-0.39, 0.29) is 24.0 Å². The number of hydrogen-bond acceptors (Lipinski definition) is 3. The number of aryl methyl sites for hydroxylation is 1. The van der Waals surface area contributed by atoms with E-state index in [0.717, 1.165) is 25.6 Å². The van der Waals surface area contributed by atoms with Gasteiger partial charge in [-0.3, -0.25) is 9.67 Å². The van der Waals surface area contributed by atoms with Crippen molar-refractivity contribution in [3.63, 3.8) is 0 Å². The van der Waals surface area contributed by atoms with Crippen LogP contribution < -0.4 is 10.6 Å². The molecule has 6 nitrogen and oxygen atoms in total. The zero-order chi connectivity index (χ0) is 13.2. The van der Waals surface area contributed by atoms with Gasteiger partial charge in [-0.05, 0) is 19.4 Å². The van der Waals surface area contributed by atoms with E-state index in [1.54, 1.807) is 7.11 Å². The largest absolute Gasteiger partial charge is 0.383 e. The first-order chi connectivity index (χ1) is 8.76. The summed E-state index contributed by atoms with van der Waals surface area (Å²) < 4.78 is 6.89. The Hall–Kier alpha value is -0.830. The number of rotatable bonds is 7. The standard InChI is InChI=1S/C12H23N5O.HI/c1-4-13-12(15-6-8-18-3)14-5-7-17-10-11(2)9-16-17;/h9-10H,4-8H2,1-3H3,(H2,13,14,15);1H. The SMILES string of the molecule is CCNC(=NCCOC)NCCn1cc(C)cn1.I. The molecule has 0 amide bonds. The van der Waals surface area contributed by atoms with Gasteiger partial charge in [-0.2, -0.15) is 5.10 Å². The molecule has 0 fully saturated rings. The Balaban J connectivity index is 0.00000324. The highest BCUT2D eigenvalue weighted by atomic mass is 127. The van der Waals surface area contributed by atoms with E-state index >= 15 is 0 Å². The van der Waals surface area contributed by atoms with Crippen LogP contribution in [-0.2, 0) is 11.3 Å². The van der Waals surface area contributed by atoms with Crippen LogP contribution in [0.4, 0.5) is 0 Å². The first-order valence-corrected chi connectivity index (χ1v) is 6.26. The average molecular weight is 381 g/mol. The third-order valence-corrected chi connectivity index (χ3v) is 2.31. The topological polar surface area (TPSA) is 63.5 Å². The molecule has 0 bridgehead atoms. The molecule has 110 valence electrons. The van der Waals surface area contributed by atoms with Gasteiger partial charge < -0.3 is 15.4 Å². The third kappa shape index (κ3) is 8.04. The first-order valence-electron chi connectivity index (χ1n) is 6.26. The Labute approximate surface area is 132 Å². The lowest BCUT2D eigenvalue weighted by Gasteiger charge is -2.11. The van der Waals surface area contributed by atoms with Gasteiger partial charge in [0.05, 0.1) is 25.9 Å². The minimum absolute atomic E-state index is 0. The van der Waals surface area contributed by atoms with Gasteiger partial charge in [0.2, 0.25) is 0 Å². The van der Waals surface area contributed by atoms with Crippen LogP contribution in [0.1, 0.15) is 12.5 Å². The smallest absolute Gasteiger partial charge is 0.191 e. The lowest BCUT2D eigenvalue weighted by Crippen LogP contribution is -2.39. The molecule has 0 atom stereocenters. The summed E-state index contributed by atoms with van der Waals surface area (Å²) in [6.45, 7) is 7.83. The summed E-state index contributed by atoms with van der Waals surface area (Å²) in [5, 5.41) is 10.7. The average Bonchev–Trinajstić information content (AvgIpc) is 2.75. The fraction of sp³-hybridized carbons (Fsp3) is 0.667. The Bertz CT molecular complexity index is 367. The fourth-order valence-electron chi connectivity index (χ4n) is 1.47. The molecule has 2 N–H and O–H groups in total. The number of aliphatic imine (C=N–C) groups is 1. The van der Waals surface area contributed by atoms with Crippen LogP contribution in [0.25, 0.3) is 0 Å².